The highest BCUT2D eigenvalue weighted by molar-refractivity contribution is 5.68. The lowest BCUT2D eigenvalue weighted by molar-refractivity contribution is -0.136. The summed E-state index contributed by atoms with van der Waals surface area (Å²) < 4.78 is 0. The highest BCUT2D eigenvalue weighted by Gasteiger charge is 2.49. The van der Waals surface area contributed by atoms with E-state index in [1.165, 1.54) is 32.1 Å². The molecule has 106 valence electrons. The number of carboxylic acid groups (broad SMARTS) is 1. The third-order valence-electron chi connectivity index (χ3n) is 5.37. The Labute approximate surface area is 117 Å². The fourth-order valence-electron chi connectivity index (χ4n) is 4.94. The molecule has 4 aliphatic carbocycles. The van der Waals surface area contributed by atoms with Gasteiger partial charge in [-0.3, -0.25) is 4.79 Å². The lowest BCUT2D eigenvalue weighted by atomic mass is 9.52. The molecular weight excluding hydrogens is 256 g/mol. The molecule has 1 heterocycles. The zero-order valence-electron chi connectivity index (χ0n) is 11.3. The molecule has 0 radical (unpaired) electrons. The second-order valence-electron chi connectivity index (χ2n) is 6.70. The summed E-state index contributed by atoms with van der Waals surface area (Å²) in [7, 11) is 0. The predicted octanol–water partition coefficient (Wildman–Crippen LogP) is 1.43. The minimum Gasteiger partial charge on any atom is -0.481 e. The largest absolute Gasteiger partial charge is 0.481 e. The molecule has 6 nitrogen and oxygen atoms in total. The highest BCUT2D eigenvalue weighted by Crippen LogP contribution is 2.59. The number of rotatable bonds is 3. The Bertz CT molecular complexity index is 502. The van der Waals surface area contributed by atoms with E-state index < -0.39 is 5.97 Å². The molecule has 4 fully saturated rings. The van der Waals surface area contributed by atoms with Crippen molar-refractivity contribution in [1.29, 1.82) is 0 Å². The summed E-state index contributed by atoms with van der Waals surface area (Å²) in [6.07, 6.45) is 6.43. The Morgan fingerprint density at radius 2 is 1.50 bits per heavy atom. The molecule has 4 bridgehead atoms. The molecule has 0 aromatic carbocycles. The zero-order chi connectivity index (χ0) is 13.7. The Morgan fingerprint density at radius 3 is 2.00 bits per heavy atom. The molecule has 1 N–H and O–H groups in total. The SMILES string of the molecule is O=C(O)Cc1nnc(C2C3CC4CC(C3)CC2C4)nn1. The lowest BCUT2D eigenvalue weighted by Crippen LogP contribution is -2.44. The van der Waals surface area contributed by atoms with Gasteiger partial charge >= 0.3 is 5.97 Å². The number of hydrogen-bond donors (Lipinski definition) is 1. The van der Waals surface area contributed by atoms with Gasteiger partial charge in [0.1, 0.15) is 6.42 Å². The molecule has 6 heteroatoms. The number of carboxylic acids is 1. The minimum absolute atomic E-state index is 0.199. The number of nitrogens with zero attached hydrogens (tertiary/aromatic N) is 4. The maximum absolute atomic E-state index is 10.6. The number of carbonyl (C=O) groups is 1. The van der Waals surface area contributed by atoms with E-state index in [0.717, 1.165) is 17.7 Å². The Kier molecular flexibility index (Phi) is 2.72. The number of aliphatic carboxylic acids is 1. The molecule has 0 amide bonds. The molecular formula is C14H18N4O2. The molecule has 0 spiro atoms. The Hall–Kier alpha value is -1.59. The van der Waals surface area contributed by atoms with Crippen molar-refractivity contribution in [2.24, 2.45) is 23.7 Å². The lowest BCUT2D eigenvalue weighted by Gasteiger charge is -2.53. The second-order valence-corrected chi connectivity index (χ2v) is 6.70. The van der Waals surface area contributed by atoms with Gasteiger partial charge in [0, 0.05) is 5.92 Å². The third-order valence-corrected chi connectivity index (χ3v) is 5.37. The van der Waals surface area contributed by atoms with E-state index in [9.17, 15) is 4.79 Å². The van der Waals surface area contributed by atoms with Crippen molar-refractivity contribution in [3.63, 3.8) is 0 Å². The van der Waals surface area contributed by atoms with Crippen LogP contribution in [-0.2, 0) is 11.2 Å². The van der Waals surface area contributed by atoms with Crippen LogP contribution in [0.4, 0.5) is 0 Å². The molecule has 0 unspecified atom stereocenters. The van der Waals surface area contributed by atoms with E-state index in [0.29, 0.717) is 17.8 Å². The van der Waals surface area contributed by atoms with Crippen LogP contribution in [0.5, 0.6) is 0 Å². The quantitative estimate of drug-likeness (QED) is 0.897. The molecule has 4 aliphatic rings. The van der Waals surface area contributed by atoms with Gasteiger partial charge < -0.3 is 5.11 Å². The van der Waals surface area contributed by atoms with Crippen molar-refractivity contribution < 1.29 is 9.90 Å². The van der Waals surface area contributed by atoms with Crippen LogP contribution in [0.3, 0.4) is 0 Å². The Balaban J connectivity index is 1.57. The van der Waals surface area contributed by atoms with E-state index in [1.54, 1.807) is 0 Å². The van der Waals surface area contributed by atoms with Crippen LogP contribution in [0.25, 0.3) is 0 Å². The first-order valence-corrected chi connectivity index (χ1v) is 7.47. The van der Waals surface area contributed by atoms with E-state index in [-0.39, 0.29) is 12.2 Å². The monoisotopic (exact) mass is 274 g/mol. The smallest absolute Gasteiger partial charge is 0.311 e. The molecule has 0 saturated heterocycles. The third kappa shape index (κ3) is 1.98. The van der Waals surface area contributed by atoms with Crippen molar-refractivity contribution in [2.45, 2.75) is 44.4 Å². The zero-order valence-corrected chi connectivity index (χ0v) is 11.3. The summed E-state index contributed by atoms with van der Waals surface area (Å²) in [5.74, 6) is 3.62. The van der Waals surface area contributed by atoms with Gasteiger partial charge in [-0.15, -0.1) is 20.4 Å². The van der Waals surface area contributed by atoms with Crippen LogP contribution in [0.15, 0.2) is 0 Å². The van der Waals surface area contributed by atoms with E-state index >= 15 is 0 Å². The average Bonchev–Trinajstić information content (AvgIpc) is 2.38. The van der Waals surface area contributed by atoms with Gasteiger partial charge in [-0.25, -0.2) is 0 Å². The van der Waals surface area contributed by atoms with E-state index in [4.69, 9.17) is 5.11 Å². The Morgan fingerprint density at radius 1 is 0.950 bits per heavy atom. The van der Waals surface area contributed by atoms with Crippen molar-refractivity contribution in [2.75, 3.05) is 0 Å². The molecule has 1 aromatic heterocycles. The number of hydrogen-bond acceptors (Lipinski definition) is 5. The predicted molar refractivity (Wildman–Crippen MR) is 68.7 cm³/mol. The standard InChI is InChI=1S/C14H18N4O2/c19-12(20)6-11-15-17-14(18-16-11)13-9-2-7-1-8(4-9)5-10(13)3-7/h7-10,13H,1-6H2,(H,19,20). The summed E-state index contributed by atoms with van der Waals surface area (Å²) in [5, 5.41) is 25.0. The van der Waals surface area contributed by atoms with Gasteiger partial charge in [0.2, 0.25) is 0 Å². The fourth-order valence-corrected chi connectivity index (χ4v) is 4.94. The first-order chi connectivity index (χ1) is 9.69. The number of aromatic nitrogens is 4. The average molecular weight is 274 g/mol. The van der Waals surface area contributed by atoms with Gasteiger partial charge in [-0.2, -0.15) is 0 Å². The van der Waals surface area contributed by atoms with Gasteiger partial charge in [0.05, 0.1) is 0 Å². The van der Waals surface area contributed by atoms with Crippen LogP contribution >= 0.6 is 0 Å². The first kappa shape index (κ1) is 12.2. The molecule has 1 aromatic rings. The summed E-state index contributed by atoms with van der Waals surface area (Å²) in [6.45, 7) is 0. The molecule has 20 heavy (non-hydrogen) atoms. The topological polar surface area (TPSA) is 88.9 Å². The normalized spacial score (nSPS) is 38.1. The molecule has 0 atom stereocenters. The van der Waals surface area contributed by atoms with Crippen molar-refractivity contribution in [3.05, 3.63) is 11.6 Å². The van der Waals surface area contributed by atoms with Crippen LogP contribution in [-0.4, -0.2) is 31.5 Å². The highest BCUT2D eigenvalue weighted by atomic mass is 16.4. The molecule has 4 saturated carbocycles. The van der Waals surface area contributed by atoms with Gasteiger partial charge in [-0.1, -0.05) is 0 Å². The molecule has 0 aliphatic heterocycles. The summed E-state index contributed by atoms with van der Waals surface area (Å²) >= 11 is 0. The maximum Gasteiger partial charge on any atom is 0.311 e. The fraction of sp³-hybridized carbons (Fsp3) is 0.786. The van der Waals surface area contributed by atoms with Gasteiger partial charge in [0.15, 0.2) is 11.6 Å². The van der Waals surface area contributed by atoms with Crippen molar-refractivity contribution in [1.82, 2.24) is 20.4 Å². The summed E-state index contributed by atoms with van der Waals surface area (Å²) in [5.41, 5.74) is 0. The van der Waals surface area contributed by atoms with Crippen LogP contribution in [0.1, 0.15) is 49.7 Å². The van der Waals surface area contributed by atoms with E-state index in [2.05, 4.69) is 20.4 Å². The van der Waals surface area contributed by atoms with Gasteiger partial charge in [-0.05, 0) is 55.8 Å². The van der Waals surface area contributed by atoms with E-state index in [1.807, 2.05) is 0 Å². The van der Waals surface area contributed by atoms with Gasteiger partial charge in [0.25, 0.3) is 0 Å². The molecule has 5 rings (SSSR count). The first-order valence-electron chi connectivity index (χ1n) is 7.47. The minimum atomic E-state index is -0.948. The van der Waals surface area contributed by atoms with Crippen LogP contribution in [0.2, 0.25) is 0 Å². The van der Waals surface area contributed by atoms with Crippen LogP contribution < -0.4 is 0 Å². The maximum atomic E-state index is 10.6. The van der Waals surface area contributed by atoms with Crippen LogP contribution in [0, 0.1) is 23.7 Å². The van der Waals surface area contributed by atoms with Crippen molar-refractivity contribution in [3.8, 4) is 0 Å². The summed E-state index contributed by atoms with van der Waals surface area (Å²) in [4.78, 5) is 10.6. The summed E-state index contributed by atoms with van der Waals surface area (Å²) in [6, 6.07) is 0. The van der Waals surface area contributed by atoms with Crippen molar-refractivity contribution >= 4 is 5.97 Å². The second kappa shape index (κ2) is 4.46.